The number of hydrogen-bond donors (Lipinski definition) is 1. The summed E-state index contributed by atoms with van der Waals surface area (Å²) in [4.78, 5) is 36.5. The van der Waals surface area contributed by atoms with Gasteiger partial charge in [-0.15, -0.1) is 6.58 Å². The topological polar surface area (TPSA) is 89.9 Å². The molecule has 1 aliphatic carbocycles. The van der Waals surface area contributed by atoms with Crippen molar-refractivity contribution in [3.63, 3.8) is 0 Å². The van der Waals surface area contributed by atoms with Crippen LogP contribution in [-0.2, 0) is 30.5 Å². The maximum atomic E-state index is 12.4. The molecule has 0 saturated heterocycles. The van der Waals surface area contributed by atoms with Crippen LogP contribution >= 0.6 is 0 Å². The summed E-state index contributed by atoms with van der Waals surface area (Å²) in [5.41, 5.74) is 0.860. The first-order valence-corrected chi connectivity index (χ1v) is 8.78. The molecule has 6 nitrogen and oxygen atoms in total. The van der Waals surface area contributed by atoms with Crippen LogP contribution in [0.5, 0.6) is 0 Å². The second-order valence-electron chi connectivity index (χ2n) is 6.37. The van der Waals surface area contributed by atoms with Crippen LogP contribution in [0.25, 0.3) is 0 Å². The molecular weight excluding hydrogens is 336 g/mol. The summed E-state index contributed by atoms with van der Waals surface area (Å²) in [5.74, 6) is -3.62. The Hall–Kier alpha value is -2.47. The Morgan fingerprint density at radius 3 is 2.35 bits per heavy atom. The summed E-state index contributed by atoms with van der Waals surface area (Å²) in [6.07, 6.45) is 2.47. The van der Waals surface area contributed by atoms with Gasteiger partial charge in [0.05, 0.1) is 11.8 Å². The van der Waals surface area contributed by atoms with Gasteiger partial charge in [0.15, 0.2) is 6.10 Å². The van der Waals surface area contributed by atoms with Gasteiger partial charge in [-0.25, -0.2) is 4.79 Å². The van der Waals surface area contributed by atoms with Crippen LogP contribution in [0.2, 0.25) is 0 Å². The lowest BCUT2D eigenvalue weighted by atomic mass is 9.79. The van der Waals surface area contributed by atoms with Gasteiger partial charge < -0.3 is 14.6 Å². The highest BCUT2D eigenvalue weighted by atomic mass is 16.6. The van der Waals surface area contributed by atoms with Gasteiger partial charge in [-0.05, 0) is 18.4 Å². The van der Waals surface area contributed by atoms with E-state index < -0.39 is 35.8 Å². The molecule has 1 N–H and O–H groups in total. The van der Waals surface area contributed by atoms with E-state index in [0.717, 1.165) is 18.4 Å². The van der Waals surface area contributed by atoms with E-state index in [1.807, 2.05) is 30.3 Å². The van der Waals surface area contributed by atoms with Crippen molar-refractivity contribution >= 4 is 17.9 Å². The second-order valence-corrected chi connectivity index (χ2v) is 6.37. The van der Waals surface area contributed by atoms with Crippen LogP contribution < -0.4 is 0 Å². The van der Waals surface area contributed by atoms with E-state index in [0.29, 0.717) is 12.8 Å². The summed E-state index contributed by atoms with van der Waals surface area (Å²) in [6.45, 7) is 3.55. The molecule has 0 amide bonds. The molecule has 0 heterocycles. The van der Waals surface area contributed by atoms with Gasteiger partial charge in [-0.3, -0.25) is 9.59 Å². The molecule has 140 valence electrons. The van der Waals surface area contributed by atoms with Crippen molar-refractivity contribution in [1.29, 1.82) is 0 Å². The number of rotatable bonds is 7. The van der Waals surface area contributed by atoms with E-state index in [1.54, 1.807) is 0 Å². The van der Waals surface area contributed by atoms with E-state index in [4.69, 9.17) is 9.47 Å². The third-order valence-electron chi connectivity index (χ3n) is 4.46. The van der Waals surface area contributed by atoms with E-state index in [1.165, 1.54) is 6.08 Å². The lowest BCUT2D eigenvalue weighted by Gasteiger charge is -2.28. The van der Waals surface area contributed by atoms with E-state index in [2.05, 4.69) is 6.58 Å². The predicted molar refractivity (Wildman–Crippen MR) is 93.6 cm³/mol. The van der Waals surface area contributed by atoms with Gasteiger partial charge in [0.1, 0.15) is 6.61 Å². The van der Waals surface area contributed by atoms with Crippen molar-refractivity contribution in [2.45, 2.75) is 44.8 Å². The summed E-state index contributed by atoms with van der Waals surface area (Å²) in [7, 11) is 0. The Morgan fingerprint density at radius 1 is 1.12 bits per heavy atom. The SMILES string of the molecule is C=CCC(O)C(=O)OC(=O)[C@@H]1CCCC[C@@H]1C(=O)OCc1ccccc1. The van der Waals surface area contributed by atoms with Crippen LogP contribution in [0.1, 0.15) is 37.7 Å². The molecule has 3 atom stereocenters. The van der Waals surface area contributed by atoms with Gasteiger partial charge in [-0.2, -0.15) is 0 Å². The number of esters is 3. The summed E-state index contributed by atoms with van der Waals surface area (Å²) in [5, 5.41) is 9.56. The fourth-order valence-electron chi connectivity index (χ4n) is 3.03. The minimum atomic E-state index is -1.43. The molecule has 2 rings (SSSR count). The third kappa shape index (κ3) is 5.52. The van der Waals surface area contributed by atoms with Gasteiger partial charge in [0, 0.05) is 6.42 Å². The fraction of sp³-hybridized carbons (Fsp3) is 0.450. The lowest BCUT2D eigenvalue weighted by Crippen LogP contribution is -2.37. The lowest BCUT2D eigenvalue weighted by molar-refractivity contribution is -0.174. The zero-order chi connectivity index (χ0) is 18.9. The zero-order valence-corrected chi connectivity index (χ0v) is 14.6. The Labute approximate surface area is 152 Å². The number of aliphatic hydroxyl groups excluding tert-OH is 1. The molecule has 1 saturated carbocycles. The number of carbonyl (C=O) groups is 3. The number of benzene rings is 1. The maximum Gasteiger partial charge on any atom is 0.342 e. The average molecular weight is 360 g/mol. The second kappa shape index (κ2) is 9.87. The van der Waals surface area contributed by atoms with E-state index >= 15 is 0 Å². The first-order valence-electron chi connectivity index (χ1n) is 8.78. The van der Waals surface area contributed by atoms with Crippen molar-refractivity contribution in [1.82, 2.24) is 0 Å². The fourth-order valence-corrected chi connectivity index (χ4v) is 3.03. The Balaban J connectivity index is 1.95. The Kier molecular flexibility index (Phi) is 7.53. The summed E-state index contributed by atoms with van der Waals surface area (Å²) < 4.78 is 10.1. The van der Waals surface area contributed by atoms with E-state index in [9.17, 15) is 19.5 Å². The van der Waals surface area contributed by atoms with Crippen LogP contribution in [0, 0.1) is 11.8 Å². The monoisotopic (exact) mass is 360 g/mol. The number of hydrogen-bond acceptors (Lipinski definition) is 6. The quantitative estimate of drug-likeness (QED) is 0.457. The van der Waals surface area contributed by atoms with Crippen molar-refractivity contribution in [2.75, 3.05) is 0 Å². The van der Waals surface area contributed by atoms with Crippen LogP contribution in [-0.4, -0.2) is 29.1 Å². The Bertz CT molecular complexity index is 639. The summed E-state index contributed by atoms with van der Waals surface area (Å²) >= 11 is 0. The van der Waals surface area contributed by atoms with Crippen LogP contribution in [0.15, 0.2) is 43.0 Å². The molecule has 0 bridgehead atoms. The van der Waals surface area contributed by atoms with Crippen molar-refractivity contribution in [2.24, 2.45) is 11.8 Å². The van der Waals surface area contributed by atoms with Gasteiger partial charge >= 0.3 is 17.9 Å². The van der Waals surface area contributed by atoms with Crippen molar-refractivity contribution in [3.8, 4) is 0 Å². The van der Waals surface area contributed by atoms with Gasteiger partial charge in [-0.1, -0.05) is 49.2 Å². The maximum absolute atomic E-state index is 12.4. The number of aliphatic hydroxyl groups is 1. The number of ether oxygens (including phenoxy) is 2. The molecule has 0 aromatic heterocycles. The predicted octanol–water partition coefficient (Wildman–Crippen LogP) is 2.54. The highest BCUT2D eigenvalue weighted by Gasteiger charge is 2.39. The normalized spacial score (nSPS) is 20.7. The van der Waals surface area contributed by atoms with Gasteiger partial charge in [0.2, 0.25) is 0 Å². The van der Waals surface area contributed by atoms with E-state index in [-0.39, 0.29) is 13.0 Å². The molecule has 1 fully saturated rings. The molecule has 0 aliphatic heterocycles. The standard InChI is InChI=1S/C20H24O6/c1-2-8-17(21)20(24)26-19(23)16-12-7-6-11-15(16)18(22)25-13-14-9-4-3-5-10-14/h2-5,9-10,15-17,21H,1,6-8,11-13H2/t15-,16+,17?/m0/s1. The molecule has 1 aromatic carbocycles. The van der Waals surface area contributed by atoms with Crippen molar-refractivity contribution in [3.05, 3.63) is 48.6 Å². The highest BCUT2D eigenvalue weighted by molar-refractivity contribution is 5.91. The first-order chi connectivity index (χ1) is 12.5. The van der Waals surface area contributed by atoms with Gasteiger partial charge in [0.25, 0.3) is 0 Å². The minimum absolute atomic E-state index is 0.000669. The third-order valence-corrected chi connectivity index (χ3v) is 4.46. The highest BCUT2D eigenvalue weighted by Crippen LogP contribution is 2.32. The number of carbonyl (C=O) groups excluding carboxylic acids is 3. The molecule has 1 unspecified atom stereocenters. The molecule has 0 radical (unpaired) electrons. The van der Waals surface area contributed by atoms with Crippen LogP contribution in [0.4, 0.5) is 0 Å². The van der Waals surface area contributed by atoms with Crippen LogP contribution in [0.3, 0.4) is 0 Å². The molecular formula is C20H24O6. The first kappa shape index (κ1) is 19.8. The zero-order valence-electron chi connectivity index (χ0n) is 14.6. The smallest absolute Gasteiger partial charge is 0.342 e. The minimum Gasteiger partial charge on any atom is -0.461 e. The Morgan fingerprint density at radius 2 is 1.73 bits per heavy atom. The van der Waals surface area contributed by atoms with Crippen molar-refractivity contribution < 1.29 is 29.0 Å². The average Bonchev–Trinajstić information content (AvgIpc) is 2.67. The summed E-state index contributed by atoms with van der Waals surface area (Å²) in [6, 6.07) is 9.27. The largest absolute Gasteiger partial charge is 0.461 e. The molecule has 6 heteroatoms. The molecule has 0 spiro atoms. The molecule has 1 aromatic rings. The molecule has 1 aliphatic rings. The molecule has 26 heavy (non-hydrogen) atoms.